The standard InChI is InChI=1S/C21H14N4O6/c1-11-6-7-14-15(8-11)21(22-20-12(2)4-3-5-17(20)24(28)29)16-9-13(23(26)27)10-18(19(14)16)25(30)31/h3-10H,1-2H3. The summed E-state index contributed by atoms with van der Waals surface area (Å²) in [6.07, 6.45) is 0. The van der Waals surface area contributed by atoms with Crippen molar-refractivity contribution in [3.05, 3.63) is 101 Å². The molecule has 3 aromatic carbocycles. The molecule has 0 unspecified atom stereocenters. The van der Waals surface area contributed by atoms with E-state index in [4.69, 9.17) is 0 Å². The summed E-state index contributed by atoms with van der Waals surface area (Å²) in [5, 5.41) is 34.7. The van der Waals surface area contributed by atoms with Gasteiger partial charge in [-0.05, 0) is 31.0 Å². The predicted octanol–water partition coefficient (Wildman–Crippen LogP) is 5.18. The molecule has 0 spiro atoms. The number of rotatable bonds is 4. The second-order valence-corrected chi connectivity index (χ2v) is 7.11. The van der Waals surface area contributed by atoms with Crippen LogP contribution in [0.2, 0.25) is 0 Å². The van der Waals surface area contributed by atoms with Crippen LogP contribution < -0.4 is 0 Å². The van der Waals surface area contributed by atoms with Crippen LogP contribution in [0.25, 0.3) is 11.1 Å². The minimum Gasteiger partial charge on any atom is -0.258 e. The molecule has 4 rings (SSSR count). The van der Waals surface area contributed by atoms with Crippen molar-refractivity contribution in [2.75, 3.05) is 0 Å². The van der Waals surface area contributed by atoms with Crippen LogP contribution in [0.4, 0.5) is 22.7 Å². The highest BCUT2D eigenvalue weighted by molar-refractivity contribution is 6.27. The monoisotopic (exact) mass is 418 g/mol. The van der Waals surface area contributed by atoms with Crippen LogP contribution in [0.3, 0.4) is 0 Å². The first-order chi connectivity index (χ1) is 14.7. The Morgan fingerprint density at radius 3 is 2.10 bits per heavy atom. The highest BCUT2D eigenvalue weighted by atomic mass is 16.6. The fourth-order valence-corrected chi connectivity index (χ4v) is 3.72. The van der Waals surface area contributed by atoms with Gasteiger partial charge < -0.3 is 0 Å². The van der Waals surface area contributed by atoms with Gasteiger partial charge in [0.05, 0.1) is 32.1 Å². The molecule has 10 nitrogen and oxygen atoms in total. The first-order valence-electron chi connectivity index (χ1n) is 9.10. The molecule has 0 fully saturated rings. The Morgan fingerprint density at radius 1 is 0.742 bits per heavy atom. The maximum Gasteiger partial charge on any atom is 0.295 e. The predicted molar refractivity (Wildman–Crippen MR) is 113 cm³/mol. The Kier molecular flexibility index (Phi) is 4.54. The number of hydrogen-bond acceptors (Lipinski definition) is 7. The number of nitro benzene ring substituents is 3. The van der Waals surface area contributed by atoms with Crippen molar-refractivity contribution in [3.8, 4) is 11.1 Å². The molecule has 0 saturated heterocycles. The zero-order valence-electron chi connectivity index (χ0n) is 16.4. The summed E-state index contributed by atoms with van der Waals surface area (Å²) < 4.78 is 0. The molecule has 0 atom stereocenters. The van der Waals surface area contributed by atoms with E-state index in [0.29, 0.717) is 16.7 Å². The minimum atomic E-state index is -0.713. The molecule has 0 amide bonds. The van der Waals surface area contributed by atoms with Gasteiger partial charge in [-0.1, -0.05) is 29.8 Å². The number of fused-ring (bicyclic) bond motifs is 3. The maximum atomic E-state index is 11.7. The summed E-state index contributed by atoms with van der Waals surface area (Å²) in [6.45, 7) is 3.49. The summed E-state index contributed by atoms with van der Waals surface area (Å²) in [5.74, 6) is 0. The van der Waals surface area contributed by atoms with Gasteiger partial charge in [0.1, 0.15) is 5.69 Å². The average molecular weight is 418 g/mol. The SMILES string of the molecule is Cc1ccc2c(c1)C(=Nc1c(C)cccc1[N+](=O)[O-])c1cc([N+](=O)[O-])cc([N+](=O)[O-])c1-2. The molecule has 0 aliphatic heterocycles. The van der Waals surface area contributed by atoms with Crippen LogP contribution in [0.15, 0.2) is 53.5 Å². The van der Waals surface area contributed by atoms with Crippen molar-refractivity contribution in [1.29, 1.82) is 0 Å². The van der Waals surface area contributed by atoms with E-state index < -0.39 is 26.1 Å². The van der Waals surface area contributed by atoms with Crippen molar-refractivity contribution in [3.63, 3.8) is 0 Å². The quantitative estimate of drug-likeness (QED) is 0.330. The summed E-state index contributed by atoms with van der Waals surface area (Å²) in [7, 11) is 0. The lowest BCUT2D eigenvalue weighted by molar-refractivity contribution is -0.393. The minimum absolute atomic E-state index is 0.0944. The summed E-state index contributed by atoms with van der Waals surface area (Å²) in [6, 6.07) is 11.9. The van der Waals surface area contributed by atoms with E-state index in [1.54, 1.807) is 31.2 Å². The highest BCUT2D eigenvalue weighted by Gasteiger charge is 2.35. The van der Waals surface area contributed by atoms with Gasteiger partial charge in [-0.15, -0.1) is 0 Å². The molecule has 0 N–H and O–H groups in total. The lowest BCUT2D eigenvalue weighted by Gasteiger charge is -2.06. The molecule has 0 heterocycles. The van der Waals surface area contributed by atoms with Crippen LogP contribution in [-0.4, -0.2) is 20.5 Å². The third-order valence-electron chi connectivity index (χ3n) is 5.10. The second kappa shape index (κ2) is 7.10. The highest BCUT2D eigenvalue weighted by Crippen LogP contribution is 2.46. The van der Waals surface area contributed by atoms with Crippen molar-refractivity contribution in [1.82, 2.24) is 0 Å². The molecule has 10 heteroatoms. The molecule has 3 aromatic rings. The van der Waals surface area contributed by atoms with E-state index in [1.807, 2.05) is 6.92 Å². The molecule has 154 valence electrons. The smallest absolute Gasteiger partial charge is 0.258 e. The Balaban J connectivity index is 2.13. The normalized spacial score (nSPS) is 13.0. The maximum absolute atomic E-state index is 11.7. The number of nitrogens with zero attached hydrogens (tertiary/aromatic N) is 4. The summed E-state index contributed by atoms with van der Waals surface area (Å²) in [5.41, 5.74) is 2.01. The summed E-state index contributed by atoms with van der Waals surface area (Å²) >= 11 is 0. The number of aryl methyl sites for hydroxylation is 2. The van der Waals surface area contributed by atoms with Crippen LogP contribution in [0, 0.1) is 44.2 Å². The summed E-state index contributed by atoms with van der Waals surface area (Å²) in [4.78, 5) is 37.3. The Hall–Kier alpha value is -4.47. The molecule has 0 aromatic heterocycles. The number of nitro groups is 3. The van der Waals surface area contributed by atoms with Crippen LogP contribution in [0.5, 0.6) is 0 Å². The third kappa shape index (κ3) is 3.19. The Bertz CT molecular complexity index is 1350. The molecular weight excluding hydrogens is 404 g/mol. The molecule has 1 aliphatic carbocycles. The number of aliphatic imine (C=N–C) groups is 1. The molecule has 0 saturated carbocycles. The fourth-order valence-electron chi connectivity index (χ4n) is 3.72. The largest absolute Gasteiger partial charge is 0.295 e. The molecule has 0 bridgehead atoms. The van der Waals surface area contributed by atoms with E-state index in [9.17, 15) is 30.3 Å². The van der Waals surface area contributed by atoms with Crippen molar-refractivity contribution < 1.29 is 14.8 Å². The van der Waals surface area contributed by atoms with Gasteiger partial charge in [-0.25, -0.2) is 4.99 Å². The van der Waals surface area contributed by atoms with Gasteiger partial charge in [-0.2, -0.15) is 0 Å². The topological polar surface area (TPSA) is 142 Å². The van der Waals surface area contributed by atoms with Crippen molar-refractivity contribution in [2.24, 2.45) is 4.99 Å². The first kappa shape index (κ1) is 19.8. The van der Waals surface area contributed by atoms with E-state index in [-0.39, 0.29) is 28.2 Å². The molecule has 0 radical (unpaired) electrons. The third-order valence-corrected chi connectivity index (χ3v) is 5.10. The molecule has 1 aliphatic rings. The van der Waals surface area contributed by atoms with Crippen molar-refractivity contribution in [2.45, 2.75) is 13.8 Å². The molecular formula is C21H14N4O6. The average Bonchev–Trinajstić information content (AvgIpc) is 3.01. The van der Waals surface area contributed by atoms with E-state index in [0.717, 1.165) is 11.6 Å². The van der Waals surface area contributed by atoms with Crippen molar-refractivity contribution >= 4 is 28.5 Å². The van der Waals surface area contributed by atoms with Gasteiger partial charge in [0.15, 0.2) is 0 Å². The van der Waals surface area contributed by atoms with E-state index >= 15 is 0 Å². The number of non-ortho nitro benzene ring substituents is 1. The van der Waals surface area contributed by atoms with Gasteiger partial charge in [0, 0.05) is 23.3 Å². The van der Waals surface area contributed by atoms with Gasteiger partial charge >= 0.3 is 0 Å². The van der Waals surface area contributed by atoms with E-state index in [1.165, 1.54) is 18.2 Å². The van der Waals surface area contributed by atoms with Gasteiger partial charge in [-0.3, -0.25) is 30.3 Å². The zero-order valence-corrected chi connectivity index (χ0v) is 16.4. The number of para-hydroxylation sites is 1. The van der Waals surface area contributed by atoms with Gasteiger partial charge in [0.25, 0.3) is 17.1 Å². The zero-order chi connectivity index (χ0) is 22.4. The molecule has 31 heavy (non-hydrogen) atoms. The Labute approximate surface area is 174 Å². The lowest BCUT2D eigenvalue weighted by Crippen LogP contribution is -2.02. The van der Waals surface area contributed by atoms with E-state index in [2.05, 4.69) is 4.99 Å². The van der Waals surface area contributed by atoms with Crippen LogP contribution >= 0.6 is 0 Å². The van der Waals surface area contributed by atoms with Crippen LogP contribution in [-0.2, 0) is 0 Å². The fraction of sp³-hybridized carbons (Fsp3) is 0.0952. The second-order valence-electron chi connectivity index (χ2n) is 7.11. The van der Waals surface area contributed by atoms with Gasteiger partial charge in [0.2, 0.25) is 0 Å². The first-order valence-corrected chi connectivity index (χ1v) is 9.10. The van der Waals surface area contributed by atoms with Crippen LogP contribution in [0.1, 0.15) is 22.3 Å². The lowest BCUT2D eigenvalue weighted by atomic mass is 10.0. The number of benzene rings is 3. The Morgan fingerprint density at radius 2 is 1.45 bits per heavy atom. The number of hydrogen-bond donors (Lipinski definition) is 0.